The molecule has 0 radical (unpaired) electrons. The molecule has 1 heterocycles. The Morgan fingerprint density at radius 2 is 2.30 bits per heavy atom. The summed E-state index contributed by atoms with van der Waals surface area (Å²) in [7, 11) is 0. The number of aliphatic hydroxyl groups excluding tert-OH is 1. The molecule has 1 aliphatic heterocycles. The lowest BCUT2D eigenvalue weighted by Gasteiger charge is -2.27. The molecule has 3 N–H and O–H groups in total. The summed E-state index contributed by atoms with van der Waals surface area (Å²) >= 11 is 0. The van der Waals surface area contributed by atoms with Crippen LogP contribution in [0, 0.1) is 0 Å². The SMILES string of the molecule is CC1CC(NC(=O)Nc2cccc(C(C)O)c2)CCO1. The van der Waals surface area contributed by atoms with Crippen molar-refractivity contribution in [3.05, 3.63) is 29.8 Å². The highest BCUT2D eigenvalue weighted by Crippen LogP contribution is 2.17. The van der Waals surface area contributed by atoms with E-state index in [2.05, 4.69) is 10.6 Å². The summed E-state index contributed by atoms with van der Waals surface area (Å²) in [4.78, 5) is 11.9. The van der Waals surface area contributed by atoms with Crippen LogP contribution < -0.4 is 10.6 Å². The molecule has 5 heteroatoms. The Kier molecular flexibility index (Phi) is 4.98. The van der Waals surface area contributed by atoms with Gasteiger partial charge in [-0.25, -0.2) is 4.79 Å². The Morgan fingerprint density at radius 3 is 3.00 bits per heavy atom. The largest absolute Gasteiger partial charge is 0.389 e. The molecule has 2 rings (SSSR count). The van der Waals surface area contributed by atoms with Crippen molar-refractivity contribution in [3.8, 4) is 0 Å². The van der Waals surface area contributed by atoms with E-state index in [1.54, 1.807) is 19.1 Å². The van der Waals surface area contributed by atoms with Gasteiger partial charge in [0.1, 0.15) is 0 Å². The number of hydrogen-bond acceptors (Lipinski definition) is 3. The van der Waals surface area contributed by atoms with Crippen LogP contribution in [0.4, 0.5) is 10.5 Å². The van der Waals surface area contributed by atoms with Gasteiger partial charge in [0.2, 0.25) is 0 Å². The van der Waals surface area contributed by atoms with E-state index in [0.29, 0.717) is 12.3 Å². The third-order valence-corrected chi connectivity index (χ3v) is 3.45. The summed E-state index contributed by atoms with van der Waals surface area (Å²) in [5.41, 5.74) is 1.46. The van der Waals surface area contributed by atoms with Crippen LogP contribution in [0.1, 0.15) is 38.4 Å². The lowest BCUT2D eigenvalue weighted by Crippen LogP contribution is -2.43. The molecular weight excluding hydrogens is 256 g/mol. The molecule has 3 atom stereocenters. The molecule has 0 spiro atoms. The van der Waals surface area contributed by atoms with E-state index in [9.17, 15) is 9.90 Å². The van der Waals surface area contributed by atoms with E-state index < -0.39 is 6.10 Å². The zero-order valence-corrected chi connectivity index (χ0v) is 11.9. The highest BCUT2D eigenvalue weighted by molar-refractivity contribution is 5.89. The van der Waals surface area contributed by atoms with E-state index in [1.165, 1.54) is 0 Å². The maximum Gasteiger partial charge on any atom is 0.319 e. The van der Waals surface area contributed by atoms with Gasteiger partial charge in [-0.2, -0.15) is 0 Å². The standard InChI is InChI=1S/C15H22N2O3/c1-10-8-14(6-7-20-10)17-15(19)16-13-5-3-4-12(9-13)11(2)18/h3-5,9-11,14,18H,6-8H2,1-2H3,(H2,16,17,19). The predicted octanol–water partition coefficient (Wildman–Crippen LogP) is 2.43. The second-order valence-corrected chi connectivity index (χ2v) is 5.30. The van der Waals surface area contributed by atoms with E-state index in [4.69, 9.17) is 4.74 Å². The highest BCUT2D eigenvalue weighted by atomic mass is 16.5. The predicted molar refractivity (Wildman–Crippen MR) is 77.7 cm³/mol. The second-order valence-electron chi connectivity index (χ2n) is 5.30. The van der Waals surface area contributed by atoms with E-state index in [1.807, 2.05) is 19.1 Å². The average Bonchev–Trinajstić information content (AvgIpc) is 2.38. The normalized spacial score (nSPS) is 23.9. The van der Waals surface area contributed by atoms with Gasteiger partial charge < -0.3 is 20.5 Å². The maximum atomic E-state index is 11.9. The Bertz CT molecular complexity index is 462. The third-order valence-electron chi connectivity index (χ3n) is 3.45. The molecule has 0 aromatic heterocycles. The van der Waals surface area contributed by atoms with Crippen LogP contribution in [0.2, 0.25) is 0 Å². The molecule has 0 saturated carbocycles. The first kappa shape index (κ1) is 14.8. The van der Waals surface area contributed by atoms with E-state index in [-0.39, 0.29) is 18.2 Å². The van der Waals surface area contributed by atoms with Crippen LogP contribution in [-0.4, -0.2) is 29.9 Å². The summed E-state index contributed by atoms with van der Waals surface area (Å²) in [6.45, 7) is 4.39. The summed E-state index contributed by atoms with van der Waals surface area (Å²) in [5.74, 6) is 0. The smallest absolute Gasteiger partial charge is 0.319 e. The summed E-state index contributed by atoms with van der Waals surface area (Å²) < 4.78 is 5.45. The molecule has 0 bridgehead atoms. The number of aliphatic hydroxyl groups is 1. The van der Waals surface area contributed by atoms with Gasteiger partial charge in [-0.05, 0) is 44.4 Å². The van der Waals surface area contributed by atoms with Crippen LogP contribution in [0.25, 0.3) is 0 Å². The van der Waals surface area contributed by atoms with Gasteiger partial charge in [0.15, 0.2) is 0 Å². The van der Waals surface area contributed by atoms with Crippen molar-refractivity contribution >= 4 is 11.7 Å². The summed E-state index contributed by atoms with van der Waals surface area (Å²) in [5, 5.41) is 15.3. The fourth-order valence-electron chi connectivity index (χ4n) is 2.36. The van der Waals surface area contributed by atoms with Gasteiger partial charge >= 0.3 is 6.03 Å². The Hall–Kier alpha value is -1.59. The fourth-order valence-corrected chi connectivity index (χ4v) is 2.36. The molecule has 1 aromatic carbocycles. The van der Waals surface area contributed by atoms with Crippen molar-refractivity contribution < 1.29 is 14.6 Å². The van der Waals surface area contributed by atoms with Crippen molar-refractivity contribution in [1.82, 2.24) is 5.32 Å². The lowest BCUT2D eigenvalue weighted by molar-refractivity contribution is 0.0157. The average molecular weight is 278 g/mol. The number of benzene rings is 1. The first-order chi connectivity index (χ1) is 9.54. The van der Waals surface area contributed by atoms with Crippen LogP contribution in [0.5, 0.6) is 0 Å². The van der Waals surface area contributed by atoms with Crippen LogP contribution in [-0.2, 0) is 4.74 Å². The van der Waals surface area contributed by atoms with Gasteiger partial charge in [0, 0.05) is 18.3 Å². The van der Waals surface area contributed by atoms with Crippen LogP contribution in [0.3, 0.4) is 0 Å². The minimum atomic E-state index is -0.545. The molecule has 1 aromatic rings. The van der Waals surface area contributed by atoms with Crippen molar-refractivity contribution in [2.75, 3.05) is 11.9 Å². The number of ether oxygens (including phenoxy) is 1. The highest BCUT2D eigenvalue weighted by Gasteiger charge is 2.20. The topological polar surface area (TPSA) is 70.6 Å². The summed E-state index contributed by atoms with van der Waals surface area (Å²) in [6.07, 6.45) is 1.32. The Morgan fingerprint density at radius 1 is 1.50 bits per heavy atom. The molecular formula is C15H22N2O3. The summed E-state index contributed by atoms with van der Waals surface area (Å²) in [6, 6.07) is 7.15. The van der Waals surface area contributed by atoms with Crippen LogP contribution >= 0.6 is 0 Å². The molecule has 1 aliphatic rings. The zero-order valence-electron chi connectivity index (χ0n) is 11.9. The molecule has 0 aliphatic carbocycles. The number of hydrogen-bond donors (Lipinski definition) is 3. The number of anilines is 1. The van der Waals surface area contributed by atoms with Crippen molar-refractivity contribution in [1.29, 1.82) is 0 Å². The van der Waals surface area contributed by atoms with Gasteiger partial charge in [-0.3, -0.25) is 0 Å². The molecule has 1 fully saturated rings. The number of carbonyl (C=O) groups excluding carboxylic acids is 1. The maximum absolute atomic E-state index is 11.9. The Balaban J connectivity index is 1.89. The number of nitrogens with one attached hydrogen (secondary N) is 2. The first-order valence-corrected chi connectivity index (χ1v) is 7.01. The molecule has 3 unspecified atom stereocenters. The number of carbonyl (C=O) groups is 1. The molecule has 2 amide bonds. The van der Waals surface area contributed by atoms with Crippen molar-refractivity contribution in [2.24, 2.45) is 0 Å². The lowest BCUT2D eigenvalue weighted by atomic mass is 10.0. The molecule has 1 saturated heterocycles. The third kappa shape index (κ3) is 4.21. The molecule has 5 nitrogen and oxygen atoms in total. The van der Waals surface area contributed by atoms with Gasteiger partial charge in [-0.15, -0.1) is 0 Å². The number of rotatable bonds is 3. The second kappa shape index (κ2) is 6.72. The molecule has 20 heavy (non-hydrogen) atoms. The monoisotopic (exact) mass is 278 g/mol. The van der Waals surface area contributed by atoms with E-state index >= 15 is 0 Å². The van der Waals surface area contributed by atoms with Crippen molar-refractivity contribution in [2.45, 2.75) is 44.9 Å². The first-order valence-electron chi connectivity index (χ1n) is 7.01. The number of amides is 2. The van der Waals surface area contributed by atoms with Gasteiger partial charge in [0.05, 0.1) is 12.2 Å². The quantitative estimate of drug-likeness (QED) is 0.795. The minimum Gasteiger partial charge on any atom is -0.389 e. The zero-order chi connectivity index (χ0) is 14.5. The van der Waals surface area contributed by atoms with E-state index in [0.717, 1.165) is 18.4 Å². The Labute approximate surface area is 119 Å². The molecule has 110 valence electrons. The van der Waals surface area contributed by atoms with Gasteiger partial charge in [0.25, 0.3) is 0 Å². The number of urea groups is 1. The van der Waals surface area contributed by atoms with Gasteiger partial charge in [-0.1, -0.05) is 12.1 Å². The van der Waals surface area contributed by atoms with Crippen LogP contribution in [0.15, 0.2) is 24.3 Å². The van der Waals surface area contributed by atoms with Crippen molar-refractivity contribution in [3.63, 3.8) is 0 Å². The fraction of sp³-hybridized carbons (Fsp3) is 0.533. The minimum absolute atomic E-state index is 0.152.